The van der Waals surface area contributed by atoms with E-state index in [1.807, 2.05) is 0 Å². The largest absolute Gasteiger partial charge is 0.463 e. The van der Waals surface area contributed by atoms with Crippen molar-refractivity contribution >= 4 is 36.8 Å². The molecule has 1 rings (SSSR count). The summed E-state index contributed by atoms with van der Waals surface area (Å²) in [4.78, 5) is 11.8. The van der Waals surface area contributed by atoms with Gasteiger partial charge in [-0.2, -0.15) is 0 Å². The lowest BCUT2D eigenvalue weighted by Gasteiger charge is -2.22. The third-order valence-corrected chi connectivity index (χ3v) is 5.01. The summed E-state index contributed by atoms with van der Waals surface area (Å²) >= 11 is 11.5. The molecule has 0 amide bonds. The number of alkyl halides is 1. The van der Waals surface area contributed by atoms with Crippen molar-refractivity contribution in [3.63, 3.8) is 0 Å². The molecule has 118 valence electrons. The highest BCUT2D eigenvalue weighted by atomic mass is 35.5. The smallest absolute Gasteiger partial charge is 0.370 e. The number of rotatable bonds is 7. The lowest BCUT2D eigenvalue weighted by atomic mass is 10.3. The predicted octanol–water partition coefficient (Wildman–Crippen LogP) is 3.66. The van der Waals surface area contributed by atoms with Crippen LogP contribution >= 0.6 is 30.8 Å². The Bertz CT molecular complexity index is 513. The molecule has 0 bridgehead atoms. The zero-order valence-electron chi connectivity index (χ0n) is 11.6. The van der Waals surface area contributed by atoms with Gasteiger partial charge in [0.1, 0.15) is 5.75 Å². The Labute approximate surface area is 132 Å². The van der Waals surface area contributed by atoms with Gasteiger partial charge in [-0.25, -0.2) is 4.79 Å². The fourth-order valence-corrected chi connectivity index (χ4v) is 2.59. The molecule has 1 aromatic rings. The Kier molecular flexibility index (Phi) is 6.97. The molecule has 21 heavy (non-hydrogen) atoms. The maximum Gasteiger partial charge on any atom is 0.370 e. The summed E-state index contributed by atoms with van der Waals surface area (Å²) in [5.74, 6) is -1.69. The standard InChI is InChI=1S/C12H15Cl2O6P/c1-8(21(16,17-2)18-3)19-12(15)11(14)20-10-6-4-9(13)5-7-10/h4-8,11H,1-3H3. The highest BCUT2D eigenvalue weighted by molar-refractivity contribution is 7.54. The number of hydrogen-bond donors (Lipinski definition) is 0. The Morgan fingerprint density at radius 3 is 2.19 bits per heavy atom. The van der Waals surface area contributed by atoms with Crippen LogP contribution in [0.3, 0.4) is 0 Å². The predicted molar refractivity (Wildman–Crippen MR) is 78.9 cm³/mol. The molecule has 0 radical (unpaired) electrons. The van der Waals surface area contributed by atoms with E-state index >= 15 is 0 Å². The first-order chi connectivity index (χ1) is 9.82. The van der Waals surface area contributed by atoms with Crippen LogP contribution in [-0.4, -0.2) is 31.6 Å². The maximum atomic E-state index is 12.0. The molecule has 0 aromatic heterocycles. The zero-order chi connectivity index (χ0) is 16.0. The summed E-state index contributed by atoms with van der Waals surface area (Å²) < 4.78 is 31.5. The van der Waals surface area contributed by atoms with Crippen LogP contribution in [0.1, 0.15) is 6.92 Å². The zero-order valence-corrected chi connectivity index (χ0v) is 14.0. The second-order valence-electron chi connectivity index (χ2n) is 3.83. The fraction of sp³-hybridized carbons (Fsp3) is 0.417. The molecule has 0 saturated heterocycles. The third kappa shape index (κ3) is 5.16. The van der Waals surface area contributed by atoms with Gasteiger partial charge in [-0.05, 0) is 31.2 Å². The molecule has 0 aliphatic rings. The summed E-state index contributed by atoms with van der Waals surface area (Å²) in [6.45, 7) is 1.37. The normalized spacial score (nSPS) is 14.3. The maximum absolute atomic E-state index is 12.0. The van der Waals surface area contributed by atoms with Gasteiger partial charge in [-0.1, -0.05) is 23.2 Å². The number of ether oxygens (including phenoxy) is 2. The van der Waals surface area contributed by atoms with Crippen molar-refractivity contribution in [2.75, 3.05) is 14.2 Å². The van der Waals surface area contributed by atoms with E-state index in [2.05, 4.69) is 0 Å². The van der Waals surface area contributed by atoms with E-state index in [1.165, 1.54) is 21.1 Å². The number of halogens is 2. The van der Waals surface area contributed by atoms with E-state index in [0.717, 1.165) is 0 Å². The number of esters is 1. The molecule has 1 aromatic carbocycles. The Hall–Kier alpha value is -0.780. The lowest BCUT2D eigenvalue weighted by molar-refractivity contribution is -0.150. The van der Waals surface area contributed by atoms with Crippen molar-refractivity contribution in [1.29, 1.82) is 0 Å². The molecule has 0 aliphatic carbocycles. The minimum atomic E-state index is -3.53. The van der Waals surface area contributed by atoms with Crippen molar-refractivity contribution in [3.8, 4) is 5.75 Å². The van der Waals surface area contributed by atoms with Crippen molar-refractivity contribution in [3.05, 3.63) is 29.3 Å². The summed E-state index contributed by atoms with van der Waals surface area (Å²) in [7, 11) is -1.15. The van der Waals surface area contributed by atoms with E-state index in [1.54, 1.807) is 24.3 Å². The van der Waals surface area contributed by atoms with Crippen molar-refractivity contribution in [2.45, 2.75) is 18.3 Å². The second kappa shape index (κ2) is 8.01. The average molecular weight is 357 g/mol. The van der Waals surface area contributed by atoms with E-state index in [-0.39, 0.29) is 0 Å². The minimum absolute atomic E-state index is 0.339. The van der Waals surface area contributed by atoms with Crippen LogP contribution in [0.15, 0.2) is 24.3 Å². The van der Waals surface area contributed by atoms with Gasteiger partial charge >= 0.3 is 13.6 Å². The molecule has 0 saturated carbocycles. The quantitative estimate of drug-likeness (QED) is 0.421. The Morgan fingerprint density at radius 2 is 1.71 bits per heavy atom. The monoisotopic (exact) mass is 356 g/mol. The number of benzene rings is 1. The van der Waals surface area contributed by atoms with Crippen LogP contribution in [0, 0.1) is 0 Å². The van der Waals surface area contributed by atoms with E-state index < -0.39 is 25.0 Å². The van der Waals surface area contributed by atoms with Crippen LogP contribution in [0.2, 0.25) is 5.02 Å². The van der Waals surface area contributed by atoms with Gasteiger partial charge in [-0.15, -0.1) is 0 Å². The summed E-state index contributed by atoms with van der Waals surface area (Å²) in [6.07, 6.45) is 0. The summed E-state index contributed by atoms with van der Waals surface area (Å²) in [5.41, 5.74) is -1.41. The van der Waals surface area contributed by atoms with E-state index in [4.69, 9.17) is 41.7 Å². The first-order valence-corrected chi connectivity index (χ1v) is 8.23. The van der Waals surface area contributed by atoms with Crippen LogP contribution in [0.4, 0.5) is 0 Å². The number of hydrogen-bond acceptors (Lipinski definition) is 6. The molecule has 0 heterocycles. The lowest BCUT2D eigenvalue weighted by Crippen LogP contribution is -2.27. The first-order valence-electron chi connectivity index (χ1n) is 5.80. The van der Waals surface area contributed by atoms with Crippen molar-refractivity contribution in [1.82, 2.24) is 0 Å². The van der Waals surface area contributed by atoms with Gasteiger partial charge in [0.05, 0.1) is 0 Å². The molecule has 6 nitrogen and oxygen atoms in total. The van der Waals surface area contributed by atoms with Crippen molar-refractivity contribution in [2.24, 2.45) is 0 Å². The highest BCUT2D eigenvalue weighted by Gasteiger charge is 2.35. The molecule has 0 fully saturated rings. The van der Waals surface area contributed by atoms with E-state index in [9.17, 15) is 9.36 Å². The van der Waals surface area contributed by atoms with Gasteiger partial charge in [0.15, 0.2) is 5.85 Å². The van der Waals surface area contributed by atoms with Gasteiger partial charge in [0, 0.05) is 19.2 Å². The van der Waals surface area contributed by atoms with Gasteiger partial charge in [-0.3, -0.25) is 4.57 Å². The second-order valence-corrected chi connectivity index (χ2v) is 7.20. The Balaban J connectivity index is 2.62. The van der Waals surface area contributed by atoms with Gasteiger partial charge in [0.25, 0.3) is 5.56 Å². The van der Waals surface area contributed by atoms with Crippen LogP contribution < -0.4 is 4.74 Å². The molecule has 9 heteroatoms. The molecule has 2 atom stereocenters. The summed E-state index contributed by atoms with van der Waals surface area (Å²) in [5, 5.41) is 0.519. The molecule has 0 N–H and O–H groups in total. The van der Waals surface area contributed by atoms with E-state index in [0.29, 0.717) is 10.8 Å². The molecule has 2 unspecified atom stereocenters. The average Bonchev–Trinajstić information content (AvgIpc) is 2.48. The number of carbonyl (C=O) groups is 1. The number of carbonyl (C=O) groups excluding carboxylic acids is 1. The molecular formula is C12H15Cl2O6P. The molecular weight excluding hydrogens is 342 g/mol. The van der Waals surface area contributed by atoms with Crippen LogP contribution in [0.25, 0.3) is 0 Å². The van der Waals surface area contributed by atoms with Gasteiger partial charge < -0.3 is 18.5 Å². The first kappa shape index (κ1) is 18.3. The molecule has 0 spiro atoms. The third-order valence-electron chi connectivity index (χ3n) is 2.48. The van der Waals surface area contributed by atoms with Crippen LogP contribution in [0.5, 0.6) is 5.75 Å². The SMILES string of the molecule is COP(=O)(OC)C(C)OC(=O)C(Cl)Oc1ccc(Cl)cc1. The van der Waals surface area contributed by atoms with Crippen LogP contribution in [-0.2, 0) is 23.1 Å². The fourth-order valence-electron chi connectivity index (χ4n) is 1.34. The van der Waals surface area contributed by atoms with Gasteiger partial charge in [0.2, 0.25) is 0 Å². The Morgan fingerprint density at radius 1 is 1.19 bits per heavy atom. The minimum Gasteiger partial charge on any atom is -0.463 e. The van der Waals surface area contributed by atoms with Crippen molar-refractivity contribution < 1.29 is 27.9 Å². The highest BCUT2D eigenvalue weighted by Crippen LogP contribution is 2.51. The molecule has 0 aliphatic heterocycles. The summed E-state index contributed by atoms with van der Waals surface area (Å²) in [6, 6.07) is 6.25. The topological polar surface area (TPSA) is 71.1 Å².